The van der Waals surface area contributed by atoms with Crippen molar-refractivity contribution in [1.82, 2.24) is 4.57 Å². The summed E-state index contributed by atoms with van der Waals surface area (Å²) in [7, 11) is 0. The van der Waals surface area contributed by atoms with Crippen molar-refractivity contribution in [1.29, 1.82) is 0 Å². The van der Waals surface area contributed by atoms with Crippen LogP contribution in [0.1, 0.15) is 23.7 Å². The fourth-order valence-electron chi connectivity index (χ4n) is 3.74. The van der Waals surface area contributed by atoms with Crippen molar-refractivity contribution in [2.45, 2.75) is 25.3 Å². The molecule has 0 spiro atoms. The second-order valence-electron chi connectivity index (χ2n) is 6.73. The average Bonchev–Trinajstić information content (AvgIpc) is 2.72. The number of aromatic nitrogens is 1. The first-order chi connectivity index (χ1) is 13.2. The molecule has 1 aliphatic rings. The van der Waals surface area contributed by atoms with Crippen LogP contribution < -0.4 is 5.56 Å². The van der Waals surface area contributed by atoms with Crippen molar-refractivity contribution in [3.05, 3.63) is 92.8 Å². The van der Waals surface area contributed by atoms with Gasteiger partial charge in [-0.2, -0.15) is 0 Å². The molecule has 4 rings (SSSR count). The highest BCUT2D eigenvalue weighted by Crippen LogP contribution is 2.27. The number of aryl methyl sites for hydroxylation is 1. The lowest BCUT2D eigenvalue weighted by Gasteiger charge is -2.29. The van der Waals surface area contributed by atoms with E-state index in [1.54, 1.807) is 10.6 Å². The molecule has 5 heteroatoms. The maximum Gasteiger partial charge on any atom is 0.265 e. The highest BCUT2D eigenvalue weighted by atomic mass is 79.9. The number of halogens is 1. The zero-order valence-electron chi connectivity index (χ0n) is 14.7. The first-order valence-corrected chi connectivity index (χ1v) is 9.72. The van der Waals surface area contributed by atoms with Crippen molar-refractivity contribution >= 4 is 21.6 Å². The van der Waals surface area contributed by atoms with E-state index < -0.39 is 0 Å². The van der Waals surface area contributed by atoms with Gasteiger partial charge >= 0.3 is 0 Å². The molecule has 0 saturated carbocycles. The number of nitrogens with zero attached hydrogens (tertiary/aromatic N) is 2. The van der Waals surface area contributed by atoms with Crippen molar-refractivity contribution < 1.29 is 5.21 Å². The molecule has 2 heterocycles. The van der Waals surface area contributed by atoms with Gasteiger partial charge in [0, 0.05) is 5.69 Å². The van der Waals surface area contributed by atoms with Gasteiger partial charge in [0.05, 0.1) is 16.2 Å². The van der Waals surface area contributed by atoms with E-state index in [1.807, 2.05) is 30.3 Å². The first kappa shape index (κ1) is 17.7. The first-order valence-electron chi connectivity index (χ1n) is 8.92. The molecule has 0 bridgehead atoms. The van der Waals surface area contributed by atoms with Crippen molar-refractivity contribution in [3.8, 4) is 11.1 Å². The summed E-state index contributed by atoms with van der Waals surface area (Å²) in [6.07, 6.45) is 1.95. The lowest BCUT2D eigenvalue weighted by atomic mass is 9.92. The number of hydrogen-bond acceptors (Lipinski definition) is 3. The minimum absolute atomic E-state index is 0.0856. The summed E-state index contributed by atoms with van der Waals surface area (Å²) in [4.78, 5) is 12.7. The Morgan fingerprint density at radius 2 is 1.78 bits per heavy atom. The van der Waals surface area contributed by atoms with E-state index in [0.29, 0.717) is 29.4 Å². The molecule has 0 amide bonds. The number of fused-ring (bicyclic) bond motifs is 1. The van der Waals surface area contributed by atoms with Crippen LogP contribution in [0.4, 0.5) is 0 Å². The summed E-state index contributed by atoms with van der Waals surface area (Å²) in [6, 6.07) is 22.0. The summed E-state index contributed by atoms with van der Waals surface area (Å²) < 4.78 is 2.28. The zero-order valence-corrected chi connectivity index (χ0v) is 16.3. The minimum atomic E-state index is -0.283. The van der Waals surface area contributed by atoms with Gasteiger partial charge in [0.2, 0.25) is 0 Å². The Hall–Kier alpha value is -2.66. The molecule has 0 aliphatic carbocycles. The van der Waals surface area contributed by atoms with E-state index in [9.17, 15) is 10.0 Å². The van der Waals surface area contributed by atoms with Crippen molar-refractivity contribution in [2.24, 2.45) is 5.16 Å². The Kier molecular flexibility index (Phi) is 4.94. The molecule has 3 aromatic rings. The fraction of sp³-hybridized carbons (Fsp3) is 0.182. The molecule has 1 atom stereocenters. The van der Waals surface area contributed by atoms with Gasteiger partial charge in [0.25, 0.3) is 5.56 Å². The second kappa shape index (κ2) is 7.53. The number of benzene rings is 2. The molecule has 4 nitrogen and oxygen atoms in total. The number of pyridine rings is 1. The molecule has 0 fully saturated rings. The molecule has 0 saturated heterocycles. The SMILES string of the molecule is O=c1c(Br)ccc2n1C(Cc1cccc(-c3ccccc3)c1)C(=NO)CC2. The summed E-state index contributed by atoms with van der Waals surface area (Å²) >= 11 is 3.34. The fourth-order valence-corrected chi connectivity index (χ4v) is 4.06. The van der Waals surface area contributed by atoms with Gasteiger partial charge in [-0.1, -0.05) is 59.8 Å². The number of hydrogen-bond donors (Lipinski definition) is 1. The normalized spacial score (nSPS) is 17.7. The van der Waals surface area contributed by atoms with E-state index in [1.165, 1.54) is 0 Å². The monoisotopic (exact) mass is 422 g/mol. The summed E-state index contributed by atoms with van der Waals surface area (Å²) in [6.45, 7) is 0. The molecule has 1 unspecified atom stereocenters. The van der Waals surface area contributed by atoms with Gasteiger partial charge in [-0.25, -0.2) is 0 Å². The third kappa shape index (κ3) is 3.47. The van der Waals surface area contributed by atoms with Crippen molar-refractivity contribution in [2.75, 3.05) is 0 Å². The van der Waals surface area contributed by atoms with Crippen LogP contribution in [0.5, 0.6) is 0 Å². The van der Waals surface area contributed by atoms with Gasteiger partial charge in [-0.15, -0.1) is 0 Å². The standard InChI is InChI=1S/C22H19BrN2O2/c23-19-11-9-18-10-12-20(24-27)21(25(18)22(19)26)14-15-5-4-8-17(13-15)16-6-2-1-3-7-16/h1-9,11,13,21,27H,10,12,14H2. The van der Waals surface area contributed by atoms with Gasteiger partial charge in [0.15, 0.2) is 0 Å². The topological polar surface area (TPSA) is 54.6 Å². The van der Waals surface area contributed by atoms with Gasteiger partial charge in [-0.05, 0) is 64.0 Å². The van der Waals surface area contributed by atoms with Crippen molar-refractivity contribution in [3.63, 3.8) is 0 Å². The predicted octanol–water partition coefficient (Wildman–Crippen LogP) is 4.84. The summed E-state index contributed by atoms with van der Waals surface area (Å²) in [5, 5.41) is 13.0. The maximum absolute atomic E-state index is 12.7. The van der Waals surface area contributed by atoms with E-state index in [0.717, 1.165) is 22.4 Å². The third-order valence-corrected chi connectivity index (χ3v) is 5.68. The van der Waals surface area contributed by atoms with Crippen LogP contribution in [0.3, 0.4) is 0 Å². The quantitative estimate of drug-likeness (QED) is 0.484. The summed E-state index contributed by atoms with van der Waals surface area (Å²) in [5.41, 5.74) is 4.92. The Morgan fingerprint density at radius 1 is 1.00 bits per heavy atom. The Morgan fingerprint density at radius 3 is 2.56 bits per heavy atom. The molecular formula is C22H19BrN2O2. The molecule has 1 aliphatic heterocycles. The maximum atomic E-state index is 12.7. The zero-order chi connectivity index (χ0) is 18.8. The van der Waals surface area contributed by atoms with Crippen LogP contribution >= 0.6 is 15.9 Å². The Balaban J connectivity index is 1.74. The van der Waals surface area contributed by atoms with Crippen LogP contribution in [0.15, 0.2) is 81.2 Å². The van der Waals surface area contributed by atoms with Crippen LogP contribution in [0.25, 0.3) is 11.1 Å². The molecule has 2 aromatic carbocycles. The van der Waals surface area contributed by atoms with Gasteiger partial charge in [-0.3, -0.25) is 4.79 Å². The lowest BCUT2D eigenvalue weighted by molar-refractivity contribution is 0.310. The van der Waals surface area contributed by atoms with E-state index in [-0.39, 0.29) is 11.6 Å². The Bertz CT molecular complexity index is 1060. The van der Waals surface area contributed by atoms with Crippen LogP contribution in [-0.2, 0) is 12.8 Å². The smallest absolute Gasteiger partial charge is 0.265 e. The van der Waals surface area contributed by atoms with E-state index in [4.69, 9.17) is 0 Å². The predicted molar refractivity (Wildman–Crippen MR) is 111 cm³/mol. The molecule has 136 valence electrons. The van der Waals surface area contributed by atoms with E-state index >= 15 is 0 Å². The van der Waals surface area contributed by atoms with E-state index in [2.05, 4.69) is 51.4 Å². The largest absolute Gasteiger partial charge is 0.411 e. The minimum Gasteiger partial charge on any atom is -0.411 e. The Labute approximate surface area is 165 Å². The third-order valence-electron chi connectivity index (χ3n) is 5.08. The molecule has 1 aromatic heterocycles. The highest BCUT2D eigenvalue weighted by molar-refractivity contribution is 9.10. The molecular weight excluding hydrogens is 404 g/mol. The second-order valence-corrected chi connectivity index (χ2v) is 7.58. The van der Waals surface area contributed by atoms with Gasteiger partial charge in [0.1, 0.15) is 0 Å². The number of rotatable bonds is 3. The van der Waals surface area contributed by atoms with Crippen LogP contribution in [-0.4, -0.2) is 15.5 Å². The molecule has 27 heavy (non-hydrogen) atoms. The summed E-state index contributed by atoms with van der Waals surface area (Å²) in [5.74, 6) is 0. The van der Waals surface area contributed by atoms with Crippen LogP contribution in [0, 0.1) is 0 Å². The lowest BCUT2D eigenvalue weighted by Crippen LogP contribution is -2.37. The van der Waals surface area contributed by atoms with Gasteiger partial charge < -0.3 is 9.77 Å². The molecule has 1 N–H and O–H groups in total. The highest BCUT2D eigenvalue weighted by Gasteiger charge is 2.28. The number of oxime groups is 1. The average molecular weight is 423 g/mol. The molecule has 0 radical (unpaired) electrons. The van der Waals surface area contributed by atoms with Crippen LogP contribution in [0.2, 0.25) is 0 Å².